The Bertz CT molecular complexity index is 630. The first-order chi connectivity index (χ1) is 8.90. The van der Waals surface area contributed by atoms with Crippen molar-refractivity contribution in [3.05, 3.63) is 69.8 Å². The van der Waals surface area contributed by atoms with Crippen LogP contribution in [0.4, 0.5) is 17.6 Å². The first-order valence-electron chi connectivity index (χ1n) is 5.25. The van der Waals surface area contributed by atoms with E-state index in [1.54, 1.807) is 0 Å². The van der Waals surface area contributed by atoms with E-state index in [0.29, 0.717) is 12.1 Å². The molecule has 6 heteroatoms. The van der Waals surface area contributed by atoms with Gasteiger partial charge in [0.05, 0.1) is 6.04 Å². The summed E-state index contributed by atoms with van der Waals surface area (Å²) in [4.78, 5) is 0. The Labute approximate surface area is 111 Å². The smallest absolute Gasteiger partial charge is 0.161 e. The van der Waals surface area contributed by atoms with Crippen LogP contribution in [-0.4, -0.2) is 0 Å². The molecule has 0 aliphatic rings. The van der Waals surface area contributed by atoms with Crippen LogP contribution in [0, 0.1) is 23.3 Å². The number of hydrogen-bond acceptors (Lipinski definition) is 1. The molecule has 1 unspecified atom stereocenters. The molecule has 0 aliphatic heterocycles. The minimum atomic E-state index is -1.33. The summed E-state index contributed by atoms with van der Waals surface area (Å²) >= 11 is 5.58. The highest BCUT2D eigenvalue weighted by molar-refractivity contribution is 6.30. The maximum Gasteiger partial charge on any atom is 0.161 e. The number of rotatable bonds is 2. The van der Waals surface area contributed by atoms with Crippen molar-refractivity contribution in [3.8, 4) is 0 Å². The summed E-state index contributed by atoms with van der Waals surface area (Å²) in [6.07, 6.45) is 0. The Morgan fingerprint density at radius 3 is 2.00 bits per heavy atom. The molecule has 100 valence electrons. The molecule has 1 atom stereocenters. The third-order valence-corrected chi connectivity index (χ3v) is 2.91. The highest BCUT2D eigenvalue weighted by atomic mass is 35.5. The summed E-state index contributed by atoms with van der Waals surface area (Å²) in [6.45, 7) is 0. The molecule has 0 aromatic heterocycles. The van der Waals surface area contributed by atoms with Crippen LogP contribution in [0.2, 0.25) is 5.02 Å². The fourth-order valence-corrected chi connectivity index (χ4v) is 1.86. The molecule has 0 aliphatic carbocycles. The van der Waals surface area contributed by atoms with Crippen molar-refractivity contribution in [2.45, 2.75) is 6.04 Å². The summed E-state index contributed by atoms with van der Waals surface area (Å²) < 4.78 is 53.1. The Kier molecular flexibility index (Phi) is 3.78. The van der Waals surface area contributed by atoms with Crippen molar-refractivity contribution in [1.29, 1.82) is 0 Å². The van der Waals surface area contributed by atoms with E-state index >= 15 is 0 Å². The highest BCUT2D eigenvalue weighted by Crippen LogP contribution is 2.27. The normalized spacial score (nSPS) is 12.5. The van der Waals surface area contributed by atoms with E-state index in [1.807, 2.05) is 0 Å². The van der Waals surface area contributed by atoms with Gasteiger partial charge in [-0.05, 0) is 18.2 Å². The van der Waals surface area contributed by atoms with Gasteiger partial charge >= 0.3 is 0 Å². The van der Waals surface area contributed by atoms with Gasteiger partial charge in [0.1, 0.15) is 11.6 Å². The number of nitrogens with two attached hydrogens (primary N) is 1. The predicted molar refractivity (Wildman–Crippen MR) is 63.8 cm³/mol. The molecule has 2 aromatic carbocycles. The van der Waals surface area contributed by atoms with Crippen LogP contribution in [0.15, 0.2) is 30.3 Å². The summed E-state index contributed by atoms with van der Waals surface area (Å²) in [6, 6.07) is 3.38. The van der Waals surface area contributed by atoms with Crippen LogP contribution < -0.4 is 5.73 Å². The SMILES string of the molecule is NC(c1ccc(Cl)cc1F)c1cc(F)c(F)cc1F. The Morgan fingerprint density at radius 1 is 0.789 bits per heavy atom. The van der Waals surface area contributed by atoms with Crippen molar-refractivity contribution in [2.24, 2.45) is 5.73 Å². The molecule has 0 spiro atoms. The summed E-state index contributed by atoms with van der Waals surface area (Å²) in [7, 11) is 0. The molecule has 0 radical (unpaired) electrons. The van der Waals surface area contributed by atoms with Crippen LogP contribution in [-0.2, 0) is 0 Å². The van der Waals surface area contributed by atoms with Gasteiger partial charge in [0, 0.05) is 22.2 Å². The molecule has 1 nitrogen and oxygen atoms in total. The molecule has 0 fully saturated rings. The lowest BCUT2D eigenvalue weighted by Gasteiger charge is -2.15. The van der Waals surface area contributed by atoms with Crippen LogP contribution in [0.3, 0.4) is 0 Å². The molecule has 0 heterocycles. The molecular formula is C13H8ClF4N. The molecule has 2 rings (SSSR count). The van der Waals surface area contributed by atoms with Gasteiger partial charge in [-0.3, -0.25) is 0 Å². The van der Waals surface area contributed by atoms with Gasteiger partial charge in [-0.25, -0.2) is 17.6 Å². The minimum Gasteiger partial charge on any atom is -0.320 e. The zero-order valence-corrected chi connectivity index (χ0v) is 10.2. The van der Waals surface area contributed by atoms with E-state index in [9.17, 15) is 17.6 Å². The molecule has 2 aromatic rings. The number of hydrogen-bond donors (Lipinski definition) is 1. The van der Waals surface area contributed by atoms with Crippen molar-refractivity contribution < 1.29 is 17.6 Å². The maximum absolute atomic E-state index is 13.6. The van der Waals surface area contributed by atoms with Gasteiger partial charge in [0.2, 0.25) is 0 Å². The topological polar surface area (TPSA) is 26.0 Å². The van der Waals surface area contributed by atoms with E-state index in [4.69, 9.17) is 17.3 Å². The summed E-state index contributed by atoms with van der Waals surface area (Å²) in [5.74, 6) is -4.36. The number of halogens is 5. The lowest BCUT2D eigenvalue weighted by atomic mass is 9.98. The van der Waals surface area contributed by atoms with Crippen molar-refractivity contribution in [3.63, 3.8) is 0 Å². The highest BCUT2D eigenvalue weighted by Gasteiger charge is 2.20. The molecule has 0 saturated carbocycles. The van der Waals surface area contributed by atoms with Gasteiger partial charge in [-0.1, -0.05) is 17.7 Å². The van der Waals surface area contributed by atoms with E-state index in [2.05, 4.69) is 0 Å². The second-order valence-electron chi connectivity index (χ2n) is 3.93. The average molecular weight is 290 g/mol. The molecule has 0 bridgehead atoms. The first-order valence-corrected chi connectivity index (χ1v) is 5.63. The average Bonchev–Trinajstić information content (AvgIpc) is 2.33. The van der Waals surface area contributed by atoms with Crippen molar-refractivity contribution in [2.75, 3.05) is 0 Å². The third-order valence-electron chi connectivity index (χ3n) is 2.67. The molecule has 2 N–H and O–H groups in total. The van der Waals surface area contributed by atoms with Crippen LogP contribution in [0.5, 0.6) is 0 Å². The minimum absolute atomic E-state index is 0.0608. The fourth-order valence-electron chi connectivity index (χ4n) is 1.70. The second kappa shape index (κ2) is 5.19. The Balaban J connectivity index is 2.49. The quantitative estimate of drug-likeness (QED) is 0.657. The molecule has 0 amide bonds. The lowest BCUT2D eigenvalue weighted by molar-refractivity contribution is 0.486. The largest absolute Gasteiger partial charge is 0.320 e. The van der Waals surface area contributed by atoms with Gasteiger partial charge in [0.15, 0.2) is 11.6 Å². The first kappa shape index (κ1) is 13.8. The van der Waals surface area contributed by atoms with E-state index < -0.39 is 29.3 Å². The van der Waals surface area contributed by atoms with Crippen LogP contribution >= 0.6 is 11.6 Å². The lowest BCUT2D eigenvalue weighted by Crippen LogP contribution is -2.16. The molecular weight excluding hydrogens is 282 g/mol. The zero-order valence-electron chi connectivity index (χ0n) is 9.43. The Morgan fingerprint density at radius 2 is 1.37 bits per heavy atom. The summed E-state index contributed by atoms with van der Waals surface area (Å²) in [5, 5.41) is 0.152. The van der Waals surface area contributed by atoms with E-state index in [0.717, 1.165) is 6.07 Å². The second-order valence-corrected chi connectivity index (χ2v) is 4.37. The van der Waals surface area contributed by atoms with Gasteiger partial charge in [0.25, 0.3) is 0 Å². The fraction of sp³-hybridized carbons (Fsp3) is 0.0769. The Hall–Kier alpha value is -1.59. The predicted octanol–water partition coefficient (Wildman–Crippen LogP) is 3.94. The van der Waals surface area contributed by atoms with E-state index in [-0.39, 0.29) is 16.1 Å². The van der Waals surface area contributed by atoms with Gasteiger partial charge < -0.3 is 5.73 Å². The monoisotopic (exact) mass is 289 g/mol. The van der Waals surface area contributed by atoms with Crippen molar-refractivity contribution >= 4 is 11.6 Å². The van der Waals surface area contributed by atoms with E-state index in [1.165, 1.54) is 12.1 Å². The third kappa shape index (κ3) is 2.72. The van der Waals surface area contributed by atoms with Crippen LogP contribution in [0.25, 0.3) is 0 Å². The molecule has 19 heavy (non-hydrogen) atoms. The number of benzene rings is 2. The van der Waals surface area contributed by atoms with Gasteiger partial charge in [-0.15, -0.1) is 0 Å². The summed E-state index contributed by atoms with van der Waals surface area (Å²) in [5.41, 5.74) is 5.28. The van der Waals surface area contributed by atoms with Crippen LogP contribution in [0.1, 0.15) is 17.2 Å². The standard InChI is InChI=1S/C13H8ClF4N/c14-6-1-2-7(9(15)3-6)13(19)8-4-11(17)12(18)5-10(8)16/h1-5,13H,19H2. The maximum atomic E-state index is 13.6. The molecule has 0 saturated heterocycles. The zero-order chi connectivity index (χ0) is 14.2. The van der Waals surface area contributed by atoms with Gasteiger partial charge in [-0.2, -0.15) is 0 Å². The van der Waals surface area contributed by atoms with Crippen molar-refractivity contribution in [1.82, 2.24) is 0 Å².